The van der Waals surface area contributed by atoms with Gasteiger partial charge in [0.1, 0.15) is 0 Å². The number of hydrogen-bond acceptors (Lipinski definition) is 4. The molecule has 0 radical (unpaired) electrons. The first-order chi connectivity index (χ1) is 14.1. The van der Waals surface area contributed by atoms with Crippen molar-refractivity contribution >= 4 is 33.2 Å². The van der Waals surface area contributed by atoms with Crippen molar-refractivity contribution in [3.05, 3.63) is 58.6 Å². The van der Waals surface area contributed by atoms with Crippen LogP contribution in [0.2, 0.25) is 5.02 Å². The minimum Gasteiger partial charge on any atom is -0.325 e. The largest absolute Gasteiger partial charge is 0.325 e. The number of hydrogen-bond donors (Lipinski definition) is 2. The summed E-state index contributed by atoms with van der Waals surface area (Å²) in [6, 6.07) is 12.7. The summed E-state index contributed by atoms with van der Waals surface area (Å²) < 4.78 is 26.2. The monoisotopic (exact) mass is 449 g/mol. The van der Waals surface area contributed by atoms with E-state index in [0.717, 1.165) is 31.2 Å². The Labute approximate surface area is 183 Å². The fraction of sp³-hybridized carbons (Fsp3) is 0.409. The van der Waals surface area contributed by atoms with E-state index < -0.39 is 10.0 Å². The van der Waals surface area contributed by atoms with Crippen LogP contribution in [0.3, 0.4) is 0 Å². The third kappa shape index (κ3) is 4.86. The van der Waals surface area contributed by atoms with E-state index in [2.05, 4.69) is 10.6 Å². The summed E-state index contributed by atoms with van der Waals surface area (Å²) in [6.45, 7) is 1.87. The predicted molar refractivity (Wildman–Crippen MR) is 120 cm³/mol. The number of carbonyl (C=O) groups is 1. The summed E-state index contributed by atoms with van der Waals surface area (Å²) in [4.78, 5) is 12.8. The molecule has 2 N–H and O–H groups in total. The first-order valence-electron chi connectivity index (χ1n) is 9.98. The molecule has 1 aliphatic carbocycles. The van der Waals surface area contributed by atoms with E-state index in [0.29, 0.717) is 16.3 Å². The second kappa shape index (κ2) is 9.06. The lowest BCUT2D eigenvalue weighted by Crippen LogP contribution is -2.44. The van der Waals surface area contributed by atoms with Gasteiger partial charge in [0.15, 0.2) is 0 Å². The molecule has 1 saturated carbocycles. The highest BCUT2D eigenvalue weighted by atomic mass is 35.5. The van der Waals surface area contributed by atoms with Crippen LogP contribution < -0.4 is 10.6 Å². The number of anilines is 1. The van der Waals surface area contributed by atoms with Gasteiger partial charge in [0.05, 0.1) is 11.4 Å². The van der Waals surface area contributed by atoms with Gasteiger partial charge in [0.25, 0.3) is 0 Å². The molecular formula is C22H28ClN3O3S. The number of aryl methyl sites for hydroxylation is 1. The molecule has 3 rings (SSSR count). The quantitative estimate of drug-likeness (QED) is 0.672. The average molecular weight is 450 g/mol. The second-order valence-corrected chi connectivity index (χ2v) is 10.5. The molecule has 1 aliphatic rings. The summed E-state index contributed by atoms with van der Waals surface area (Å²) >= 11 is 6.03. The maximum atomic E-state index is 12.6. The van der Waals surface area contributed by atoms with E-state index in [-0.39, 0.29) is 22.9 Å². The summed E-state index contributed by atoms with van der Waals surface area (Å²) in [5.74, 6) is -0.215. The van der Waals surface area contributed by atoms with Gasteiger partial charge in [-0.05, 0) is 55.2 Å². The Kier molecular flexibility index (Phi) is 6.87. The van der Waals surface area contributed by atoms with Crippen molar-refractivity contribution in [3.63, 3.8) is 0 Å². The summed E-state index contributed by atoms with van der Waals surface area (Å²) in [5.41, 5.74) is 1.98. The standard InChI is InChI=1S/C22H28ClN3O3S/c1-16-6-11-19(14-20(16)30(28,29)26(2)3)25-21(27)15-24-22(12-4-5-13-22)17-7-9-18(23)10-8-17/h6-11,14,24H,4-5,12-13,15H2,1-3H3,(H,25,27). The lowest BCUT2D eigenvalue weighted by Gasteiger charge is -2.31. The molecule has 162 valence electrons. The summed E-state index contributed by atoms with van der Waals surface area (Å²) in [5, 5.41) is 6.95. The van der Waals surface area contributed by atoms with E-state index in [1.54, 1.807) is 19.1 Å². The van der Waals surface area contributed by atoms with Crippen LogP contribution in [0.25, 0.3) is 0 Å². The number of benzene rings is 2. The molecular weight excluding hydrogens is 422 g/mol. The Morgan fingerprint density at radius 1 is 1.10 bits per heavy atom. The summed E-state index contributed by atoms with van der Waals surface area (Å²) in [7, 11) is -0.609. The van der Waals surface area contributed by atoms with E-state index in [9.17, 15) is 13.2 Å². The highest BCUT2D eigenvalue weighted by Gasteiger charge is 2.35. The molecule has 1 fully saturated rings. The van der Waals surface area contributed by atoms with Crippen LogP contribution in [0.5, 0.6) is 0 Å². The smallest absolute Gasteiger partial charge is 0.242 e. The molecule has 30 heavy (non-hydrogen) atoms. The van der Waals surface area contributed by atoms with Crippen LogP contribution in [0, 0.1) is 6.92 Å². The normalized spacial score (nSPS) is 16.0. The molecule has 0 atom stereocenters. The fourth-order valence-electron chi connectivity index (χ4n) is 3.92. The molecule has 1 amide bonds. The second-order valence-electron chi connectivity index (χ2n) is 7.97. The van der Waals surface area contributed by atoms with E-state index >= 15 is 0 Å². The molecule has 2 aromatic rings. The zero-order chi connectivity index (χ0) is 21.9. The Hall–Kier alpha value is -1.93. The number of amides is 1. The molecule has 0 aromatic heterocycles. The van der Waals surface area contributed by atoms with Crippen molar-refractivity contribution < 1.29 is 13.2 Å². The molecule has 6 nitrogen and oxygen atoms in total. The van der Waals surface area contributed by atoms with Gasteiger partial charge in [-0.15, -0.1) is 0 Å². The molecule has 0 bridgehead atoms. The zero-order valence-electron chi connectivity index (χ0n) is 17.5. The van der Waals surface area contributed by atoms with Crippen molar-refractivity contribution in [2.75, 3.05) is 26.0 Å². The minimum atomic E-state index is -3.58. The number of nitrogens with one attached hydrogen (secondary N) is 2. The maximum Gasteiger partial charge on any atom is 0.242 e. The average Bonchev–Trinajstić information content (AvgIpc) is 3.18. The molecule has 8 heteroatoms. The lowest BCUT2D eigenvalue weighted by molar-refractivity contribution is -0.115. The van der Waals surface area contributed by atoms with Crippen LogP contribution in [0.15, 0.2) is 47.4 Å². The van der Waals surface area contributed by atoms with Crippen LogP contribution >= 0.6 is 11.6 Å². The fourth-order valence-corrected chi connectivity index (χ4v) is 5.19. The Morgan fingerprint density at radius 2 is 1.73 bits per heavy atom. The molecule has 0 unspecified atom stereocenters. The van der Waals surface area contributed by atoms with Crippen LogP contribution in [-0.2, 0) is 20.4 Å². The number of nitrogens with zero attached hydrogens (tertiary/aromatic N) is 1. The van der Waals surface area contributed by atoms with E-state index in [1.165, 1.54) is 24.5 Å². The van der Waals surface area contributed by atoms with Gasteiger partial charge in [-0.2, -0.15) is 0 Å². The van der Waals surface area contributed by atoms with Crippen molar-refractivity contribution in [2.24, 2.45) is 0 Å². The number of rotatable bonds is 7. The topological polar surface area (TPSA) is 78.5 Å². The van der Waals surface area contributed by atoms with Gasteiger partial charge in [-0.25, -0.2) is 12.7 Å². The third-order valence-electron chi connectivity index (χ3n) is 5.67. The van der Waals surface area contributed by atoms with Crippen LogP contribution in [0.1, 0.15) is 36.8 Å². The van der Waals surface area contributed by atoms with Gasteiger partial charge in [0, 0.05) is 30.3 Å². The van der Waals surface area contributed by atoms with Gasteiger partial charge in [-0.3, -0.25) is 10.1 Å². The lowest BCUT2D eigenvalue weighted by atomic mass is 9.88. The predicted octanol–water partition coefficient (Wildman–Crippen LogP) is 3.90. The molecule has 0 spiro atoms. The van der Waals surface area contributed by atoms with E-state index in [1.807, 2.05) is 24.3 Å². The Morgan fingerprint density at radius 3 is 2.33 bits per heavy atom. The minimum absolute atomic E-state index is 0.131. The van der Waals surface area contributed by atoms with Gasteiger partial charge < -0.3 is 5.32 Å². The molecule has 0 aliphatic heterocycles. The van der Waals surface area contributed by atoms with Crippen molar-refractivity contribution in [3.8, 4) is 0 Å². The van der Waals surface area contributed by atoms with Crippen LogP contribution in [-0.4, -0.2) is 39.3 Å². The van der Waals surface area contributed by atoms with Crippen molar-refractivity contribution in [1.29, 1.82) is 0 Å². The first kappa shape index (κ1) is 22.7. The first-order valence-corrected chi connectivity index (χ1v) is 11.8. The number of carbonyl (C=O) groups excluding carboxylic acids is 1. The summed E-state index contributed by atoms with van der Waals surface area (Å²) in [6.07, 6.45) is 4.11. The highest BCUT2D eigenvalue weighted by Crippen LogP contribution is 2.39. The van der Waals surface area contributed by atoms with Gasteiger partial charge >= 0.3 is 0 Å². The molecule has 0 saturated heterocycles. The van der Waals surface area contributed by atoms with E-state index in [4.69, 9.17) is 11.6 Å². The Balaban J connectivity index is 1.72. The van der Waals surface area contributed by atoms with Gasteiger partial charge in [-0.1, -0.05) is 42.6 Å². The highest BCUT2D eigenvalue weighted by molar-refractivity contribution is 7.89. The Bertz CT molecular complexity index is 1010. The molecule has 2 aromatic carbocycles. The van der Waals surface area contributed by atoms with Crippen LogP contribution in [0.4, 0.5) is 5.69 Å². The number of halogens is 1. The van der Waals surface area contributed by atoms with Crippen molar-refractivity contribution in [2.45, 2.75) is 43.0 Å². The molecule has 0 heterocycles. The SMILES string of the molecule is Cc1ccc(NC(=O)CNC2(c3ccc(Cl)cc3)CCCC2)cc1S(=O)(=O)N(C)C. The maximum absolute atomic E-state index is 12.6. The van der Waals surface area contributed by atoms with Crippen molar-refractivity contribution in [1.82, 2.24) is 9.62 Å². The number of sulfonamides is 1. The van der Waals surface area contributed by atoms with Gasteiger partial charge in [0.2, 0.25) is 15.9 Å². The zero-order valence-corrected chi connectivity index (χ0v) is 19.1. The third-order valence-corrected chi connectivity index (χ3v) is 7.88.